The Kier molecular flexibility index (Phi) is 8.80. The van der Waals surface area contributed by atoms with E-state index in [1.807, 2.05) is 6.07 Å². The molecule has 3 rings (SSSR count). The first-order chi connectivity index (χ1) is 17.8. The van der Waals surface area contributed by atoms with Gasteiger partial charge in [0.05, 0.1) is 23.1 Å². The van der Waals surface area contributed by atoms with Gasteiger partial charge in [-0.05, 0) is 44.8 Å². The molecule has 12 nitrogen and oxygen atoms in total. The minimum atomic E-state index is -0.769. The molecule has 0 radical (unpaired) electrons. The van der Waals surface area contributed by atoms with Crippen molar-refractivity contribution in [2.45, 2.75) is 20.0 Å². The Balaban J connectivity index is 1.72. The number of aliphatic imine (C=N–C) groups is 1. The van der Waals surface area contributed by atoms with E-state index in [1.165, 1.54) is 29.2 Å². The van der Waals surface area contributed by atoms with Crippen molar-refractivity contribution in [1.29, 1.82) is 5.26 Å². The molecule has 0 spiro atoms. The first kappa shape index (κ1) is 26.7. The number of aromatic nitrogens is 5. The smallest absolute Gasteiger partial charge is 0.413 e. The molecule has 0 aliphatic carbocycles. The summed E-state index contributed by atoms with van der Waals surface area (Å²) >= 11 is 6.07. The molecule has 3 aromatic heterocycles. The first-order valence-corrected chi connectivity index (χ1v) is 11.2. The summed E-state index contributed by atoms with van der Waals surface area (Å²) in [5.41, 5.74) is 2.07. The number of allylic oxidation sites excluding steroid dienone is 1. The molecule has 0 saturated heterocycles. The predicted molar refractivity (Wildman–Crippen MR) is 138 cm³/mol. The van der Waals surface area contributed by atoms with Crippen LogP contribution in [0.4, 0.5) is 16.3 Å². The van der Waals surface area contributed by atoms with Crippen LogP contribution in [0.15, 0.2) is 64.5 Å². The molecule has 3 aromatic rings. The normalized spacial score (nSPS) is 12.3. The fraction of sp³-hybridized carbons (Fsp3) is 0.167. The minimum absolute atomic E-state index is 0.119. The standard InChI is InChI=1S/C24H22ClN9O3/c1-5-6-18(21(25)27-3)14(2)37-24(36)31-22-20(32-33-34(22)4)19-10-9-17(13-29-19)30-23(35)15-7-8-16(11-26)28-12-15/h5-10,12-14H,3H2,1-2,4H3,(H,30,35)(H,31,36)/b6-5-,21-18+/t14-/m1/s1. The third-order valence-corrected chi connectivity index (χ3v) is 5.23. The van der Waals surface area contributed by atoms with E-state index in [4.69, 9.17) is 21.6 Å². The summed E-state index contributed by atoms with van der Waals surface area (Å²) in [6.07, 6.45) is 4.67. The second kappa shape index (κ2) is 12.2. The van der Waals surface area contributed by atoms with Crippen LogP contribution in [0.3, 0.4) is 0 Å². The summed E-state index contributed by atoms with van der Waals surface area (Å²) in [7, 11) is 1.60. The molecule has 3 heterocycles. The number of hydrogen-bond acceptors (Lipinski definition) is 9. The van der Waals surface area contributed by atoms with E-state index < -0.39 is 18.1 Å². The van der Waals surface area contributed by atoms with Crippen molar-refractivity contribution < 1.29 is 14.3 Å². The van der Waals surface area contributed by atoms with Crippen LogP contribution >= 0.6 is 11.6 Å². The highest BCUT2D eigenvalue weighted by Crippen LogP contribution is 2.25. The van der Waals surface area contributed by atoms with Gasteiger partial charge in [0.25, 0.3) is 5.91 Å². The van der Waals surface area contributed by atoms with Crippen molar-refractivity contribution in [3.63, 3.8) is 0 Å². The highest BCUT2D eigenvalue weighted by atomic mass is 35.5. The van der Waals surface area contributed by atoms with Gasteiger partial charge in [0.2, 0.25) is 0 Å². The number of nitrogens with one attached hydrogen (secondary N) is 2. The van der Waals surface area contributed by atoms with Crippen molar-refractivity contribution in [3.8, 4) is 17.5 Å². The van der Waals surface area contributed by atoms with E-state index in [0.717, 1.165) is 0 Å². The van der Waals surface area contributed by atoms with Crippen LogP contribution in [-0.4, -0.2) is 49.8 Å². The molecule has 37 heavy (non-hydrogen) atoms. The van der Waals surface area contributed by atoms with Gasteiger partial charge in [0, 0.05) is 18.8 Å². The summed E-state index contributed by atoms with van der Waals surface area (Å²) in [5.74, 6) is -0.169. The van der Waals surface area contributed by atoms with Crippen LogP contribution in [0.25, 0.3) is 11.4 Å². The molecule has 2 amide bonds. The van der Waals surface area contributed by atoms with Gasteiger partial charge in [0.1, 0.15) is 23.0 Å². The molecular weight excluding hydrogens is 498 g/mol. The lowest BCUT2D eigenvalue weighted by molar-refractivity contribution is 0.102. The van der Waals surface area contributed by atoms with Crippen molar-refractivity contribution in [1.82, 2.24) is 25.0 Å². The lowest BCUT2D eigenvalue weighted by atomic mass is 10.1. The maximum atomic E-state index is 12.6. The second-order valence-corrected chi connectivity index (χ2v) is 7.78. The van der Waals surface area contributed by atoms with Crippen LogP contribution in [0, 0.1) is 11.3 Å². The number of aryl methyl sites for hydroxylation is 1. The number of ether oxygens (including phenoxy) is 1. The molecule has 0 unspecified atom stereocenters. The van der Waals surface area contributed by atoms with Crippen molar-refractivity contribution in [2.75, 3.05) is 10.6 Å². The van der Waals surface area contributed by atoms with Gasteiger partial charge >= 0.3 is 6.09 Å². The molecule has 1 atom stereocenters. The quantitative estimate of drug-likeness (QED) is 0.256. The molecule has 0 aliphatic rings. The van der Waals surface area contributed by atoms with Crippen LogP contribution in [0.5, 0.6) is 0 Å². The molecule has 0 aliphatic heterocycles. The van der Waals surface area contributed by atoms with Gasteiger partial charge in [-0.25, -0.2) is 14.5 Å². The molecular formula is C24H22ClN9O3. The average molecular weight is 520 g/mol. The minimum Gasteiger partial charge on any atom is -0.441 e. The van der Waals surface area contributed by atoms with Gasteiger partial charge in [-0.15, -0.1) is 5.10 Å². The first-order valence-electron chi connectivity index (χ1n) is 10.8. The highest BCUT2D eigenvalue weighted by molar-refractivity contribution is 6.30. The zero-order valence-corrected chi connectivity index (χ0v) is 20.9. The van der Waals surface area contributed by atoms with Crippen molar-refractivity contribution in [2.24, 2.45) is 12.0 Å². The molecule has 0 bridgehead atoms. The van der Waals surface area contributed by atoms with E-state index in [2.05, 4.69) is 42.6 Å². The lowest BCUT2D eigenvalue weighted by Gasteiger charge is -2.16. The average Bonchev–Trinajstić information content (AvgIpc) is 3.26. The van der Waals surface area contributed by atoms with Crippen LogP contribution < -0.4 is 10.6 Å². The van der Waals surface area contributed by atoms with E-state index in [9.17, 15) is 9.59 Å². The summed E-state index contributed by atoms with van der Waals surface area (Å²) < 4.78 is 6.79. The Labute approximate surface area is 217 Å². The maximum Gasteiger partial charge on any atom is 0.413 e. The Hall–Kier alpha value is -4.89. The maximum absolute atomic E-state index is 12.6. The fourth-order valence-corrected chi connectivity index (χ4v) is 3.28. The van der Waals surface area contributed by atoms with Gasteiger partial charge in [-0.3, -0.25) is 20.1 Å². The number of amides is 2. The van der Waals surface area contributed by atoms with Gasteiger partial charge in [-0.1, -0.05) is 29.0 Å². The van der Waals surface area contributed by atoms with Crippen molar-refractivity contribution in [3.05, 3.63) is 70.8 Å². The molecule has 0 fully saturated rings. The number of carbonyl (C=O) groups is 2. The Morgan fingerprint density at radius 3 is 2.62 bits per heavy atom. The number of pyridine rings is 2. The molecule has 0 saturated carbocycles. The summed E-state index contributed by atoms with van der Waals surface area (Å²) in [4.78, 5) is 36.9. The highest BCUT2D eigenvalue weighted by Gasteiger charge is 2.20. The summed E-state index contributed by atoms with van der Waals surface area (Å²) in [5, 5.41) is 22.3. The molecule has 188 valence electrons. The largest absolute Gasteiger partial charge is 0.441 e. The molecule has 13 heteroatoms. The van der Waals surface area contributed by atoms with Crippen LogP contribution in [0.2, 0.25) is 0 Å². The van der Waals surface area contributed by atoms with E-state index in [0.29, 0.717) is 17.0 Å². The lowest BCUT2D eigenvalue weighted by Crippen LogP contribution is -2.23. The monoisotopic (exact) mass is 519 g/mol. The zero-order chi connectivity index (χ0) is 26.9. The van der Waals surface area contributed by atoms with E-state index in [1.54, 1.807) is 45.2 Å². The zero-order valence-electron chi connectivity index (χ0n) is 20.1. The third-order valence-electron chi connectivity index (χ3n) is 4.90. The number of rotatable bonds is 8. The summed E-state index contributed by atoms with van der Waals surface area (Å²) in [6, 6.07) is 8.07. The van der Waals surface area contributed by atoms with Gasteiger partial charge in [0.15, 0.2) is 11.5 Å². The van der Waals surface area contributed by atoms with E-state index >= 15 is 0 Å². The number of anilines is 2. The Morgan fingerprint density at radius 1 is 1.24 bits per heavy atom. The van der Waals surface area contributed by atoms with Crippen LogP contribution in [-0.2, 0) is 11.8 Å². The SMILES string of the molecule is C=N/C(Cl)=C(\C=C/C)[C@@H](C)OC(=O)Nc1c(-c2ccc(NC(=O)c3ccc(C#N)nc3)cn2)nnn1C. The van der Waals surface area contributed by atoms with Gasteiger partial charge in [-0.2, -0.15) is 5.26 Å². The molecule has 0 aromatic carbocycles. The third kappa shape index (κ3) is 6.62. The van der Waals surface area contributed by atoms with Gasteiger partial charge < -0.3 is 10.1 Å². The van der Waals surface area contributed by atoms with Crippen LogP contribution in [0.1, 0.15) is 29.9 Å². The van der Waals surface area contributed by atoms with Crippen molar-refractivity contribution >= 4 is 41.8 Å². The summed E-state index contributed by atoms with van der Waals surface area (Å²) in [6.45, 7) is 6.83. The fourth-order valence-electron chi connectivity index (χ4n) is 3.07. The number of nitrogens with zero attached hydrogens (tertiary/aromatic N) is 7. The van der Waals surface area contributed by atoms with E-state index in [-0.39, 0.29) is 27.9 Å². The number of nitriles is 1. The number of halogens is 1. The molecule has 2 N–H and O–H groups in total. The predicted octanol–water partition coefficient (Wildman–Crippen LogP) is 4.06. The number of hydrogen-bond donors (Lipinski definition) is 2. The second-order valence-electron chi connectivity index (χ2n) is 7.42. The Bertz CT molecular complexity index is 1400. The number of carbonyl (C=O) groups excluding carboxylic acids is 2. The Morgan fingerprint density at radius 2 is 2.03 bits per heavy atom. The topological polar surface area (TPSA) is 160 Å².